The van der Waals surface area contributed by atoms with Gasteiger partial charge in [0, 0.05) is 0 Å². The van der Waals surface area contributed by atoms with Crippen molar-refractivity contribution in [3.8, 4) is 0 Å². The van der Waals surface area contributed by atoms with Crippen molar-refractivity contribution in [2.45, 2.75) is 46.2 Å². The van der Waals surface area contributed by atoms with Gasteiger partial charge >= 0.3 is 5.97 Å². The van der Waals surface area contributed by atoms with Gasteiger partial charge in [0.2, 0.25) is 5.91 Å². The van der Waals surface area contributed by atoms with E-state index in [1.54, 1.807) is 13.8 Å². The van der Waals surface area contributed by atoms with Crippen LogP contribution >= 0.6 is 0 Å². The Morgan fingerprint density at radius 1 is 1.31 bits per heavy atom. The molecule has 1 amide bonds. The highest BCUT2D eigenvalue weighted by atomic mass is 16.5. The summed E-state index contributed by atoms with van der Waals surface area (Å²) in [5.74, 6) is -0.703. The van der Waals surface area contributed by atoms with Crippen molar-refractivity contribution in [2.75, 3.05) is 6.61 Å². The van der Waals surface area contributed by atoms with Crippen molar-refractivity contribution in [3.63, 3.8) is 0 Å². The Labute approximate surface area is 96.7 Å². The third kappa shape index (κ3) is 4.61. The molecule has 0 aliphatic carbocycles. The largest absolute Gasteiger partial charge is 0.464 e. The number of carbonyl (C=O) groups excluding carboxylic acids is 2. The second kappa shape index (κ2) is 7.22. The summed E-state index contributed by atoms with van der Waals surface area (Å²) in [6.45, 7) is 7.46. The quantitative estimate of drug-likeness (QED) is 0.648. The summed E-state index contributed by atoms with van der Waals surface area (Å²) < 4.78 is 4.91. The Morgan fingerprint density at radius 2 is 1.88 bits per heavy atom. The molecule has 2 unspecified atom stereocenters. The first-order valence-electron chi connectivity index (χ1n) is 5.66. The number of nitrogens with two attached hydrogens (primary N) is 1. The summed E-state index contributed by atoms with van der Waals surface area (Å²) in [4.78, 5) is 23.1. The van der Waals surface area contributed by atoms with E-state index in [1.807, 2.05) is 13.8 Å². The molecule has 0 fully saturated rings. The standard InChI is InChI=1S/C11H22N2O3/c1-5-7(3)9(11(15)16-6-2)13-10(14)8(4)12/h7-9H,5-6,12H2,1-4H3,(H,13,14)/t7?,8-,9?/m0/s1. The molecule has 0 radical (unpaired) electrons. The third-order valence-corrected chi connectivity index (χ3v) is 2.46. The molecule has 0 rings (SSSR count). The summed E-state index contributed by atoms with van der Waals surface area (Å²) in [6, 6.07) is -1.23. The summed E-state index contributed by atoms with van der Waals surface area (Å²) in [5, 5.41) is 2.61. The third-order valence-electron chi connectivity index (χ3n) is 2.46. The van der Waals surface area contributed by atoms with E-state index in [0.29, 0.717) is 6.61 Å². The number of hydrogen-bond acceptors (Lipinski definition) is 4. The second-order valence-electron chi connectivity index (χ2n) is 3.91. The van der Waals surface area contributed by atoms with Crippen molar-refractivity contribution in [3.05, 3.63) is 0 Å². The molecule has 5 heteroatoms. The van der Waals surface area contributed by atoms with Gasteiger partial charge in [-0.2, -0.15) is 0 Å². The summed E-state index contributed by atoms with van der Waals surface area (Å²) in [7, 11) is 0. The van der Waals surface area contributed by atoms with E-state index in [1.165, 1.54) is 0 Å². The van der Waals surface area contributed by atoms with Gasteiger partial charge < -0.3 is 15.8 Å². The van der Waals surface area contributed by atoms with Crippen LogP contribution in [0.5, 0.6) is 0 Å². The zero-order valence-electron chi connectivity index (χ0n) is 10.4. The van der Waals surface area contributed by atoms with Crippen LogP contribution in [0.2, 0.25) is 0 Å². The topological polar surface area (TPSA) is 81.4 Å². The fourth-order valence-corrected chi connectivity index (χ4v) is 1.19. The Bertz CT molecular complexity index is 241. The van der Waals surface area contributed by atoms with Gasteiger partial charge in [-0.15, -0.1) is 0 Å². The zero-order chi connectivity index (χ0) is 12.7. The SMILES string of the molecule is CCOC(=O)C(NC(=O)[C@H](C)N)C(C)CC. The number of nitrogens with one attached hydrogen (secondary N) is 1. The molecule has 0 aliphatic rings. The first-order valence-corrected chi connectivity index (χ1v) is 5.66. The van der Waals surface area contributed by atoms with Crippen molar-refractivity contribution in [2.24, 2.45) is 11.7 Å². The molecule has 3 N–H and O–H groups in total. The molecule has 0 saturated carbocycles. The van der Waals surface area contributed by atoms with Gasteiger partial charge in [-0.05, 0) is 19.8 Å². The molecule has 0 aromatic heterocycles. The molecule has 0 heterocycles. The van der Waals surface area contributed by atoms with E-state index in [-0.39, 0.29) is 11.8 Å². The molecule has 0 saturated heterocycles. The van der Waals surface area contributed by atoms with Gasteiger partial charge in [0.05, 0.1) is 12.6 Å². The van der Waals surface area contributed by atoms with Crippen LogP contribution in [0.15, 0.2) is 0 Å². The first-order chi connectivity index (χ1) is 7.43. The van der Waals surface area contributed by atoms with Crippen molar-refractivity contribution < 1.29 is 14.3 Å². The molecule has 3 atom stereocenters. The average Bonchev–Trinajstić information content (AvgIpc) is 2.24. The average molecular weight is 230 g/mol. The van der Waals surface area contributed by atoms with Crippen LogP contribution < -0.4 is 11.1 Å². The number of rotatable bonds is 6. The van der Waals surface area contributed by atoms with Crippen molar-refractivity contribution in [1.82, 2.24) is 5.32 Å². The molecule has 0 spiro atoms. The van der Waals surface area contributed by atoms with Crippen LogP contribution in [-0.4, -0.2) is 30.6 Å². The van der Waals surface area contributed by atoms with Gasteiger partial charge in [-0.1, -0.05) is 20.3 Å². The predicted molar refractivity (Wildman–Crippen MR) is 61.7 cm³/mol. The number of ether oxygens (including phenoxy) is 1. The molecule has 5 nitrogen and oxygen atoms in total. The lowest BCUT2D eigenvalue weighted by atomic mass is 9.99. The van der Waals surface area contributed by atoms with Crippen molar-refractivity contribution in [1.29, 1.82) is 0 Å². The Kier molecular flexibility index (Phi) is 6.72. The monoisotopic (exact) mass is 230 g/mol. The van der Waals surface area contributed by atoms with Crippen LogP contribution in [0.1, 0.15) is 34.1 Å². The predicted octanol–water partition coefficient (Wildman–Crippen LogP) is 0.428. The van der Waals surface area contributed by atoms with E-state index in [0.717, 1.165) is 6.42 Å². The van der Waals surface area contributed by atoms with E-state index in [9.17, 15) is 9.59 Å². The van der Waals surface area contributed by atoms with Gasteiger partial charge in [0.25, 0.3) is 0 Å². The number of amides is 1. The van der Waals surface area contributed by atoms with Gasteiger partial charge in [-0.3, -0.25) is 4.79 Å². The highest BCUT2D eigenvalue weighted by molar-refractivity contribution is 5.87. The lowest BCUT2D eigenvalue weighted by Crippen LogP contribution is -2.50. The lowest BCUT2D eigenvalue weighted by molar-refractivity contribution is -0.149. The van der Waals surface area contributed by atoms with Crippen LogP contribution in [0, 0.1) is 5.92 Å². The maximum atomic E-state index is 11.6. The normalized spacial score (nSPS) is 16.1. The van der Waals surface area contributed by atoms with E-state index >= 15 is 0 Å². The fourth-order valence-electron chi connectivity index (χ4n) is 1.19. The van der Waals surface area contributed by atoms with Gasteiger partial charge in [-0.25, -0.2) is 4.79 Å². The fraction of sp³-hybridized carbons (Fsp3) is 0.818. The van der Waals surface area contributed by atoms with E-state index in [2.05, 4.69) is 5.32 Å². The molecule has 0 aromatic rings. The molecule has 0 aliphatic heterocycles. The molecule has 94 valence electrons. The number of esters is 1. The maximum absolute atomic E-state index is 11.6. The zero-order valence-corrected chi connectivity index (χ0v) is 10.4. The van der Waals surface area contributed by atoms with Crippen LogP contribution in [-0.2, 0) is 14.3 Å². The Balaban J connectivity index is 4.55. The lowest BCUT2D eigenvalue weighted by Gasteiger charge is -2.23. The summed E-state index contributed by atoms with van der Waals surface area (Å²) in [6.07, 6.45) is 0.780. The Hall–Kier alpha value is -1.10. The maximum Gasteiger partial charge on any atom is 0.328 e. The van der Waals surface area contributed by atoms with E-state index in [4.69, 9.17) is 10.5 Å². The molecule has 0 aromatic carbocycles. The van der Waals surface area contributed by atoms with E-state index < -0.39 is 18.1 Å². The molecular weight excluding hydrogens is 208 g/mol. The van der Waals surface area contributed by atoms with Crippen LogP contribution in [0.25, 0.3) is 0 Å². The Morgan fingerprint density at radius 3 is 2.25 bits per heavy atom. The minimum absolute atomic E-state index is 0.0294. The molecule has 0 bridgehead atoms. The minimum atomic E-state index is -0.624. The summed E-state index contributed by atoms with van der Waals surface area (Å²) >= 11 is 0. The molecule has 16 heavy (non-hydrogen) atoms. The number of hydrogen-bond donors (Lipinski definition) is 2. The summed E-state index contributed by atoms with van der Waals surface area (Å²) in [5.41, 5.74) is 5.44. The highest BCUT2D eigenvalue weighted by Crippen LogP contribution is 2.09. The first kappa shape index (κ1) is 14.9. The van der Waals surface area contributed by atoms with Gasteiger partial charge in [0.15, 0.2) is 0 Å². The molecular formula is C11H22N2O3. The number of carbonyl (C=O) groups is 2. The van der Waals surface area contributed by atoms with Crippen molar-refractivity contribution >= 4 is 11.9 Å². The smallest absolute Gasteiger partial charge is 0.328 e. The minimum Gasteiger partial charge on any atom is -0.464 e. The second-order valence-corrected chi connectivity index (χ2v) is 3.91. The van der Waals surface area contributed by atoms with Crippen LogP contribution in [0.4, 0.5) is 0 Å². The van der Waals surface area contributed by atoms with Crippen LogP contribution in [0.3, 0.4) is 0 Å². The highest BCUT2D eigenvalue weighted by Gasteiger charge is 2.27. The van der Waals surface area contributed by atoms with Gasteiger partial charge in [0.1, 0.15) is 6.04 Å².